The van der Waals surface area contributed by atoms with E-state index in [9.17, 15) is 9.59 Å². The molecule has 0 N–H and O–H groups in total. The van der Waals surface area contributed by atoms with Gasteiger partial charge in [0, 0.05) is 31.2 Å². The lowest BCUT2D eigenvalue weighted by molar-refractivity contribution is 0.0655. The van der Waals surface area contributed by atoms with E-state index in [4.69, 9.17) is 0 Å². The Hall–Kier alpha value is -1.69. The molecule has 0 aliphatic carbocycles. The van der Waals surface area contributed by atoms with Crippen molar-refractivity contribution in [1.82, 2.24) is 19.6 Å². The summed E-state index contributed by atoms with van der Waals surface area (Å²) in [7, 11) is 2.15. The molecule has 1 aromatic rings. The zero-order valence-corrected chi connectivity index (χ0v) is 14.1. The molecule has 1 amide bonds. The van der Waals surface area contributed by atoms with Gasteiger partial charge in [-0.2, -0.15) is 5.10 Å². The summed E-state index contributed by atoms with van der Waals surface area (Å²) < 4.78 is 1.40. The van der Waals surface area contributed by atoms with Crippen LogP contribution in [0, 0.1) is 0 Å². The molecule has 0 bridgehead atoms. The summed E-state index contributed by atoms with van der Waals surface area (Å²) in [5.41, 5.74) is 0.252. The third kappa shape index (κ3) is 3.17. The number of aryl methyl sites for hydroxylation is 1. The highest BCUT2D eigenvalue weighted by molar-refractivity contribution is 5.92. The molecule has 3 rings (SSSR count). The van der Waals surface area contributed by atoms with E-state index in [0.717, 1.165) is 38.8 Å². The Labute approximate surface area is 137 Å². The van der Waals surface area contributed by atoms with Crippen LogP contribution in [-0.4, -0.2) is 57.7 Å². The van der Waals surface area contributed by atoms with Gasteiger partial charge in [0.05, 0.1) is 0 Å². The maximum Gasteiger partial charge on any atom is 0.274 e. The summed E-state index contributed by atoms with van der Waals surface area (Å²) in [6, 6.07) is 3.78. The molecule has 2 aliphatic rings. The number of carbonyl (C=O) groups excluding carboxylic acids is 1. The van der Waals surface area contributed by atoms with Crippen molar-refractivity contribution in [2.75, 3.05) is 20.1 Å². The first-order valence-electron chi connectivity index (χ1n) is 8.71. The van der Waals surface area contributed by atoms with Crippen molar-refractivity contribution in [1.29, 1.82) is 0 Å². The van der Waals surface area contributed by atoms with Crippen LogP contribution < -0.4 is 5.56 Å². The normalized spacial score (nSPS) is 25.2. The van der Waals surface area contributed by atoms with Gasteiger partial charge in [-0.3, -0.25) is 9.59 Å². The van der Waals surface area contributed by atoms with Gasteiger partial charge in [-0.15, -0.1) is 0 Å². The van der Waals surface area contributed by atoms with Gasteiger partial charge < -0.3 is 9.80 Å². The average Bonchev–Trinajstić information content (AvgIpc) is 3.17. The van der Waals surface area contributed by atoms with Gasteiger partial charge in [0.25, 0.3) is 11.5 Å². The molecule has 23 heavy (non-hydrogen) atoms. The van der Waals surface area contributed by atoms with Gasteiger partial charge in [-0.05, 0) is 51.8 Å². The van der Waals surface area contributed by atoms with Gasteiger partial charge in [-0.25, -0.2) is 4.68 Å². The van der Waals surface area contributed by atoms with E-state index in [-0.39, 0.29) is 17.5 Å². The molecule has 0 spiro atoms. The van der Waals surface area contributed by atoms with Crippen LogP contribution in [0.5, 0.6) is 0 Å². The fourth-order valence-corrected chi connectivity index (χ4v) is 3.95. The fraction of sp³-hybridized carbons (Fsp3) is 0.706. The predicted octanol–water partition coefficient (Wildman–Crippen LogP) is 1.35. The number of rotatable bonds is 4. The third-order valence-corrected chi connectivity index (χ3v) is 5.10. The first-order chi connectivity index (χ1) is 11.1. The molecule has 2 atom stereocenters. The van der Waals surface area contributed by atoms with Crippen LogP contribution in [0.15, 0.2) is 16.9 Å². The molecule has 2 fully saturated rings. The molecule has 6 heteroatoms. The molecule has 1 aromatic heterocycles. The maximum atomic E-state index is 12.9. The van der Waals surface area contributed by atoms with Gasteiger partial charge in [0.15, 0.2) is 0 Å². The number of amides is 1. The molecular weight excluding hydrogens is 292 g/mol. The summed E-state index contributed by atoms with van der Waals surface area (Å²) in [6.45, 7) is 4.45. The van der Waals surface area contributed by atoms with Gasteiger partial charge >= 0.3 is 0 Å². The summed E-state index contributed by atoms with van der Waals surface area (Å²) in [5.74, 6) is -0.0300. The predicted molar refractivity (Wildman–Crippen MR) is 88.5 cm³/mol. The molecule has 2 aliphatic heterocycles. The van der Waals surface area contributed by atoms with Crippen LogP contribution in [0.4, 0.5) is 0 Å². The van der Waals surface area contributed by atoms with E-state index in [1.54, 1.807) is 6.07 Å². The SMILES string of the molecule is CCCn1nc(C(=O)N2CCCC2C2CCCN2C)ccc1=O. The van der Waals surface area contributed by atoms with Crippen LogP contribution in [0.2, 0.25) is 0 Å². The molecule has 2 saturated heterocycles. The zero-order valence-electron chi connectivity index (χ0n) is 14.1. The van der Waals surface area contributed by atoms with E-state index < -0.39 is 0 Å². The standard InChI is InChI=1S/C17H26N4O2/c1-3-10-21-16(22)9-8-13(18-21)17(23)20-12-5-7-15(20)14-6-4-11-19(14)2/h8-9,14-15H,3-7,10-12H2,1-2H3. The van der Waals surface area contributed by atoms with Crippen molar-refractivity contribution in [3.8, 4) is 0 Å². The number of likely N-dealkylation sites (N-methyl/N-ethyl adjacent to an activating group) is 1. The van der Waals surface area contributed by atoms with Crippen LogP contribution in [0.3, 0.4) is 0 Å². The van der Waals surface area contributed by atoms with Crippen LogP contribution in [-0.2, 0) is 6.54 Å². The number of aromatic nitrogens is 2. The van der Waals surface area contributed by atoms with Crippen LogP contribution >= 0.6 is 0 Å². The second-order valence-electron chi connectivity index (χ2n) is 6.68. The van der Waals surface area contributed by atoms with E-state index in [1.807, 2.05) is 11.8 Å². The minimum absolute atomic E-state index is 0.0300. The summed E-state index contributed by atoms with van der Waals surface area (Å²) in [4.78, 5) is 29.1. The quantitative estimate of drug-likeness (QED) is 0.841. The average molecular weight is 318 g/mol. The Balaban J connectivity index is 1.81. The Morgan fingerprint density at radius 1 is 1.22 bits per heavy atom. The molecular formula is C17H26N4O2. The van der Waals surface area contributed by atoms with E-state index in [1.165, 1.54) is 17.2 Å². The molecule has 0 aromatic carbocycles. The maximum absolute atomic E-state index is 12.9. The number of hydrogen-bond donors (Lipinski definition) is 0. The first kappa shape index (κ1) is 16.2. The smallest absolute Gasteiger partial charge is 0.274 e. The fourth-order valence-electron chi connectivity index (χ4n) is 3.95. The van der Waals surface area contributed by atoms with E-state index in [2.05, 4.69) is 17.0 Å². The first-order valence-corrected chi connectivity index (χ1v) is 8.71. The topological polar surface area (TPSA) is 58.4 Å². The van der Waals surface area contributed by atoms with E-state index in [0.29, 0.717) is 18.3 Å². The highest BCUT2D eigenvalue weighted by atomic mass is 16.2. The lowest BCUT2D eigenvalue weighted by Crippen LogP contribution is -2.47. The summed E-state index contributed by atoms with van der Waals surface area (Å²) in [6.07, 6.45) is 5.31. The molecule has 2 unspecified atom stereocenters. The minimum Gasteiger partial charge on any atom is -0.333 e. The summed E-state index contributed by atoms with van der Waals surface area (Å²) in [5, 5.41) is 4.29. The molecule has 126 valence electrons. The van der Waals surface area contributed by atoms with Gasteiger partial charge in [0.1, 0.15) is 5.69 Å². The van der Waals surface area contributed by atoms with Crippen molar-refractivity contribution < 1.29 is 4.79 Å². The molecule has 3 heterocycles. The lowest BCUT2D eigenvalue weighted by Gasteiger charge is -2.33. The van der Waals surface area contributed by atoms with Gasteiger partial charge in [0.2, 0.25) is 0 Å². The Morgan fingerprint density at radius 2 is 1.96 bits per heavy atom. The van der Waals surface area contributed by atoms with Gasteiger partial charge in [-0.1, -0.05) is 6.92 Å². The Bertz CT molecular complexity index is 627. The van der Waals surface area contributed by atoms with Crippen LogP contribution in [0.1, 0.15) is 49.5 Å². The van der Waals surface area contributed by atoms with Crippen molar-refractivity contribution in [2.24, 2.45) is 0 Å². The van der Waals surface area contributed by atoms with Crippen molar-refractivity contribution >= 4 is 5.91 Å². The van der Waals surface area contributed by atoms with Crippen molar-refractivity contribution in [3.05, 3.63) is 28.2 Å². The number of hydrogen-bond acceptors (Lipinski definition) is 4. The number of carbonyl (C=O) groups is 1. The largest absolute Gasteiger partial charge is 0.333 e. The van der Waals surface area contributed by atoms with Crippen molar-refractivity contribution in [3.63, 3.8) is 0 Å². The highest BCUT2D eigenvalue weighted by Crippen LogP contribution is 2.29. The zero-order chi connectivity index (χ0) is 16.4. The third-order valence-electron chi connectivity index (χ3n) is 5.10. The second-order valence-corrected chi connectivity index (χ2v) is 6.68. The highest BCUT2D eigenvalue weighted by Gasteiger charge is 2.39. The Morgan fingerprint density at radius 3 is 2.65 bits per heavy atom. The Kier molecular flexibility index (Phi) is 4.80. The van der Waals surface area contributed by atoms with Crippen LogP contribution in [0.25, 0.3) is 0 Å². The molecule has 6 nitrogen and oxygen atoms in total. The summed E-state index contributed by atoms with van der Waals surface area (Å²) >= 11 is 0. The monoisotopic (exact) mass is 318 g/mol. The molecule has 0 saturated carbocycles. The number of nitrogens with zero attached hydrogens (tertiary/aromatic N) is 4. The van der Waals surface area contributed by atoms with Crippen molar-refractivity contribution in [2.45, 2.75) is 57.7 Å². The van der Waals surface area contributed by atoms with E-state index >= 15 is 0 Å². The molecule has 0 radical (unpaired) electrons. The number of likely N-dealkylation sites (tertiary alicyclic amines) is 2. The minimum atomic E-state index is -0.142. The lowest BCUT2D eigenvalue weighted by atomic mass is 10.0. The second kappa shape index (κ2) is 6.83.